The Kier molecular flexibility index (Phi) is 3.42. The molecule has 1 fully saturated rings. The number of furan rings is 1. The first-order chi connectivity index (χ1) is 11.2. The number of amidine groups is 1. The second kappa shape index (κ2) is 5.58. The predicted molar refractivity (Wildman–Crippen MR) is 87.2 cm³/mol. The van der Waals surface area contributed by atoms with E-state index in [0.29, 0.717) is 28.2 Å². The molecule has 2 aliphatic rings. The van der Waals surface area contributed by atoms with Gasteiger partial charge in [-0.25, -0.2) is 9.38 Å². The van der Waals surface area contributed by atoms with E-state index in [1.165, 1.54) is 17.8 Å². The normalized spacial score (nSPS) is 19.3. The van der Waals surface area contributed by atoms with Gasteiger partial charge in [0.2, 0.25) is 0 Å². The van der Waals surface area contributed by atoms with Gasteiger partial charge in [-0.15, -0.1) is 0 Å². The summed E-state index contributed by atoms with van der Waals surface area (Å²) in [5.41, 5.74) is 0.813. The lowest BCUT2D eigenvalue weighted by molar-refractivity contribution is -0.122. The number of rotatable bonds is 2. The van der Waals surface area contributed by atoms with Crippen LogP contribution in [0.2, 0.25) is 0 Å². The summed E-state index contributed by atoms with van der Waals surface area (Å²) in [5, 5.41) is 0.639. The van der Waals surface area contributed by atoms with E-state index in [-0.39, 0.29) is 18.4 Å². The van der Waals surface area contributed by atoms with Crippen LogP contribution in [-0.4, -0.2) is 28.5 Å². The van der Waals surface area contributed by atoms with Crippen molar-refractivity contribution in [2.75, 3.05) is 17.4 Å². The fourth-order valence-corrected chi connectivity index (χ4v) is 3.43. The Morgan fingerprint density at radius 3 is 2.91 bits per heavy atom. The van der Waals surface area contributed by atoms with Crippen molar-refractivity contribution in [1.82, 2.24) is 4.90 Å². The molecule has 2 aliphatic heterocycles. The molecule has 0 unspecified atom stereocenters. The summed E-state index contributed by atoms with van der Waals surface area (Å²) in [6.07, 6.45) is 3.16. The quantitative estimate of drug-likeness (QED) is 0.794. The molecule has 0 spiro atoms. The minimum absolute atomic E-state index is 0.204. The van der Waals surface area contributed by atoms with Crippen molar-refractivity contribution in [2.24, 2.45) is 4.99 Å². The molecule has 0 atom stereocenters. The lowest BCUT2D eigenvalue weighted by atomic mass is 10.3. The molecule has 3 heterocycles. The number of hydrogen-bond donors (Lipinski definition) is 0. The second-order valence-corrected chi connectivity index (χ2v) is 5.99. The Bertz CT molecular complexity index is 816. The highest BCUT2D eigenvalue weighted by molar-refractivity contribution is 8.14. The van der Waals surface area contributed by atoms with Crippen LogP contribution in [0.4, 0.5) is 10.1 Å². The van der Waals surface area contributed by atoms with Gasteiger partial charge in [0.25, 0.3) is 5.91 Å². The molecule has 5 nitrogen and oxygen atoms in total. The van der Waals surface area contributed by atoms with E-state index < -0.39 is 0 Å². The maximum atomic E-state index is 13.9. The summed E-state index contributed by atoms with van der Waals surface area (Å²) in [6, 6.07) is 10.1. The van der Waals surface area contributed by atoms with Crippen molar-refractivity contribution < 1.29 is 13.6 Å². The van der Waals surface area contributed by atoms with Gasteiger partial charge < -0.3 is 9.32 Å². The SMILES string of the molecule is O=C1/C(=C/c2ccco2)N=C2SCN(c3ccccc3F)CN12. The summed E-state index contributed by atoms with van der Waals surface area (Å²) in [7, 11) is 0. The first-order valence-corrected chi connectivity index (χ1v) is 7.99. The number of aliphatic imine (C=N–C) groups is 1. The van der Waals surface area contributed by atoms with Crippen molar-refractivity contribution in [1.29, 1.82) is 0 Å². The van der Waals surface area contributed by atoms with Crippen LogP contribution in [0.3, 0.4) is 0 Å². The Labute approximate surface area is 136 Å². The van der Waals surface area contributed by atoms with E-state index in [4.69, 9.17) is 4.42 Å². The highest BCUT2D eigenvalue weighted by Crippen LogP contribution is 2.31. The summed E-state index contributed by atoms with van der Waals surface area (Å²) >= 11 is 1.41. The molecule has 7 heteroatoms. The van der Waals surface area contributed by atoms with Crippen LogP contribution in [0.15, 0.2) is 57.8 Å². The summed E-state index contributed by atoms with van der Waals surface area (Å²) in [4.78, 5) is 20.2. The van der Waals surface area contributed by atoms with Crippen LogP contribution < -0.4 is 4.90 Å². The van der Waals surface area contributed by atoms with Crippen molar-refractivity contribution in [2.45, 2.75) is 0 Å². The van der Waals surface area contributed by atoms with Crippen LogP contribution in [0.25, 0.3) is 6.08 Å². The average molecular weight is 329 g/mol. The zero-order valence-corrected chi connectivity index (χ0v) is 12.8. The van der Waals surface area contributed by atoms with E-state index in [2.05, 4.69) is 4.99 Å². The van der Waals surface area contributed by atoms with E-state index in [9.17, 15) is 9.18 Å². The molecule has 0 aliphatic carbocycles. The topological polar surface area (TPSA) is 49.1 Å². The van der Waals surface area contributed by atoms with Crippen LogP contribution in [0.5, 0.6) is 0 Å². The first-order valence-electron chi connectivity index (χ1n) is 7.00. The van der Waals surface area contributed by atoms with E-state index in [1.807, 2.05) is 4.90 Å². The highest BCUT2D eigenvalue weighted by Gasteiger charge is 2.36. The second-order valence-electron chi connectivity index (χ2n) is 5.08. The maximum absolute atomic E-state index is 13.9. The smallest absolute Gasteiger partial charge is 0.280 e. The van der Waals surface area contributed by atoms with Crippen LogP contribution in [0.1, 0.15) is 5.76 Å². The lowest BCUT2D eigenvalue weighted by Gasteiger charge is -2.34. The molecule has 116 valence electrons. The van der Waals surface area contributed by atoms with Gasteiger partial charge in [0, 0.05) is 6.08 Å². The number of carbonyl (C=O) groups is 1. The van der Waals surface area contributed by atoms with Gasteiger partial charge in [0.05, 0.1) is 17.8 Å². The highest BCUT2D eigenvalue weighted by atomic mass is 32.2. The van der Waals surface area contributed by atoms with Gasteiger partial charge in [0.1, 0.15) is 23.9 Å². The number of carbonyl (C=O) groups excluding carboxylic acids is 1. The van der Waals surface area contributed by atoms with Crippen LogP contribution >= 0.6 is 11.8 Å². The van der Waals surface area contributed by atoms with Gasteiger partial charge in [-0.05, 0) is 24.3 Å². The summed E-state index contributed by atoms with van der Waals surface area (Å²) < 4.78 is 19.2. The van der Waals surface area contributed by atoms with Gasteiger partial charge in [-0.3, -0.25) is 9.69 Å². The Balaban J connectivity index is 1.59. The summed E-state index contributed by atoms with van der Waals surface area (Å²) in [6.45, 7) is 0.279. The molecule has 1 aromatic heterocycles. The molecule has 0 radical (unpaired) electrons. The monoisotopic (exact) mass is 329 g/mol. The van der Waals surface area contributed by atoms with E-state index >= 15 is 0 Å². The predicted octanol–water partition coefficient (Wildman–Crippen LogP) is 3.13. The van der Waals surface area contributed by atoms with Crippen LogP contribution in [-0.2, 0) is 4.79 Å². The minimum Gasteiger partial charge on any atom is -0.465 e. The average Bonchev–Trinajstić information content (AvgIpc) is 3.17. The third-order valence-electron chi connectivity index (χ3n) is 3.59. The van der Waals surface area contributed by atoms with Crippen molar-refractivity contribution in [3.63, 3.8) is 0 Å². The van der Waals surface area contributed by atoms with Crippen molar-refractivity contribution in [3.05, 3.63) is 59.9 Å². The van der Waals surface area contributed by atoms with E-state index in [0.717, 1.165) is 0 Å². The zero-order chi connectivity index (χ0) is 15.8. The number of anilines is 1. The molecule has 1 amide bonds. The largest absolute Gasteiger partial charge is 0.465 e. The zero-order valence-electron chi connectivity index (χ0n) is 12.0. The number of hydrogen-bond acceptors (Lipinski definition) is 5. The molecule has 0 bridgehead atoms. The molecule has 0 saturated carbocycles. The summed E-state index contributed by atoms with van der Waals surface area (Å²) in [5.74, 6) is 0.613. The van der Waals surface area contributed by atoms with Crippen LogP contribution in [0, 0.1) is 5.82 Å². The van der Waals surface area contributed by atoms with E-state index in [1.54, 1.807) is 47.6 Å². The molecule has 23 heavy (non-hydrogen) atoms. The van der Waals surface area contributed by atoms with Crippen molar-refractivity contribution >= 4 is 34.6 Å². The number of fused-ring (bicyclic) bond motifs is 1. The fraction of sp³-hybridized carbons (Fsp3) is 0.125. The third-order valence-corrected chi connectivity index (χ3v) is 4.60. The first kappa shape index (κ1) is 14.1. The molecule has 4 rings (SSSR count). The number of amides is 1. The standard InChI is InChI=1S/C16H12FN3O2S/c17-12-5-1-2-6-14(12)19-9-20-15(21)13(18-16(20)23-10-19)8-11-4-3-7-22-11/h1-8H,9-10H2/b13-8-. The number of thioether (sulfide) groups is 1. The number of para-hydroxylation sites is 1. The van der Waals surface area contributed by atoms with Gasteiger partial charge in [-0.2, -0.15) is 0 Å². The van der Waals surface area contributed by atoms with Gasteiger partial charge in [-0.1, -0.05) is 23.9 Å². The Morgan fingerprint density at radius 2 is 2.13 bits per heavy atom. The lowest BCUT2D eigenvalue weighted by Crippen LogP contribution is -2.46. The molecular formula is C16H12FN3O2S. The Hall–Kier alpha value is -2.54. The minimum atomic E-state index is -0.300. The molecule has 2 aromatic rings. The van der Waals surface area contributed by atoms with Crippen molar-refractivity contribution in [3.8, 4) is 0 Å². The Morgan fingerprint density at radius 1 is 1.26 bits per heavy atom. The third kappa shape index (κ3) is 2.53. The molecule has 1 aromatic carbocycles. The van der Waals surface area contributed by atoms with Gasteiger partial charge >= 0.3 is 0 Å². The van der Waals surface area contributed by atoms with Gasteiger partial charge in [0.15, 0.2) is 5.17 Å². The molecule has 0 N–H and O–H groups in total. The maximum Gasteiger partial charge on any atom is 0.280 e. The molecule has 1 saturated heterocycles. The number of benzene rings is 1. The number of nitrogens with zero attached hydrogens (tertiary/aromatic N) is 3. The molecular weight excluding hydrogens is 317 g/mol. The number of halogens is 1. The fourth-order valence-electron chi connectivity index (χ4n) is 2.47.